The van der Waals surface area contributed by atoms with E-state index in [0.717, 1.165) is 40.4 Å². The molecule has 0 saturated carbocycles. The van der Waals surface area contributed by atoms with Gasteiger partial charge in [0, 0.05) is 17.7 Å². The van der Waals surface area contributed by atoms with Gasteiger partial charge in [0.2, 0.25) is 0 Å². The van der Waals surface area contributed by atoms with E-state index in [1.165, 1.54) is 16.3 Å². The monoisotopic (exact) mass is 460 g/mol. The summed E-state index contributed by atoms with van der Waals surface area (Å²) in [4.78, 5) is 13.8. The molecule has 2 aliphatic rings. The van der Waals surface area contributed by atoms with E-state index in [0.29, 0.717) is 13.0 Å². The summed E-state index contributed by atoms with van der Waals surface area (Å²) in [5, 5.41) is 9.69. The maximum Gasteiger partial charge on any atom is 0.163 e. The Morgan fingerprint density at radius 2 is 1.51 bits per heavy atom. The zero-order chi connectivity index (χ0) is 23.8. The van der Waals surface area contributed by atoms with Crippen LogP contribution >= 0.6 is 0 Å². The van der Waals surface area contributed by atoms with Gasteiger partial charge in [-0.2, -0.15) is 0 Å². The first-order valence-corrected chi connectivity index (χ1v) is 12.3. The van der Waals surface area contributed by atoms with E-state index in [9.17, 15) is 4.79 Å². The standard InChI is InChI=1S/C31H28N2O2/c1-2-35-25-15-13-21(14-16-25)24-18-28-30(29(34)19-24)31(33-27-10-6-5-9-26(27)32-28)23-12-11-20-7-3-4-8-22(20)17-23/h3-17,24,31-33H,2,18-19H2,1H3. The summed E-state index contributed by atoms with van der Waals surface area (Å²) in [6, 6.07) is 31.0. The predicted molar refractivity (Wildman–Crippen MR) is 142 cm³/mol. The summed E-state index contributed by atoms with van der Waals surface area (Å²) >= 11 is 0. The predicted octanol–water partition coefficient (Wildman–Crippen LogP) is 7.22. The number of benzene rings is 4. The van der Waals surface area contributed by atoms with Gasteiger partial charge in [-0.05, 0) is 71.5 Å². The smallest absolute Gasteiger partial charge is 0.163 e. The molecule has 0 radical (unpaired) electrons. The lowest BCUT2D eigenvalue weighted by atomic mass is 9.78. The molecule has 6 rings (SSSR count). The fourth-order valence-electron chi connectivity index (χ4n) is 5.37. The van der Waals surface area contributed by atoms with E-state index in [-0.39, 0.29) is 17.7 Å². The number of nitrogens with one attached hydrogen (secondary N) is 2. The Bertz CT molecular complexity index is 1440. The van der Waals surface area contributed by atoms with Crippen LogP contribution in [-0.4, -0.2) is 12.4 Å². The normalized spacial score (nSPS) is 19.3. The number of anilines is 2. The van der Waals surface area contributed by atoms with Gasteiger partial charge < -0.3 is 15.4 Å². The number of para-hydroxylation sites is 2. The Balaban J connectivity index is 1.42. The number of hydrogen-bond acceptors (Lipinski definition) is 4. The van der Waals surface area contributed by atoms with Crippen molar-refractivity contribution in [2.45, 2.75) is 31.7 Å². The first kappa shape index (κ1) is 21.5. The number of ether oxygens (including phenoxy) is 1. The maximum atomic E-state index is 13.8. The van der Waals surface area contributed by atoms with Gasteiger partial charge in [0.1, 0.15) is 5.75 Å². The topological polar surface area (TPSA) is 50.4 Å². The maximum absolute atomic E-state index is 13.8. The van der Waals surface area contributed by atoms with Crippen LogP contribution in [0.5, 0.6) is 5.75 Å². The van der Waals surface area contributed by atoms with Crippen molar-refractivity contribution in [3.8, 4) is 5.75 Å². The van der Waals surface area contributed by atoms with E-state index >= 15 is 0 Å². The highest BCUT2D eigenvalue weighted by atomic mass is 16.5. The van der Waals surface area contributed by atoms with Crippen LogP contribution in [0.4, 0.5) is 11.4 Å². The van der Waals surface area contributed by atoms with E-state index in [2.05, 4.69) is 77.4 Å². The molecule has 0 saturated heterocycles. The third-order valence-corrected chi connectivity index (χ3v) is 7.08. The SMILES string of the molecule is CCOc1ccc(C2CC(=O)C3=C(C2)Nc2ccccc2NC3c2ccc3ccccc3c2)cc1. The van der Waals surface area contributed by atoms with Crippen molar-refractivity contribution in [2.24, 2.45) is 0 Å². The van der Waals surface area contributed by atoms with Crippen molar-refractivity contribution in [1.29, 1.82) is 0 Å². The van der Waals surface area contributed by atoms with Crippen LogP contribution in [0.2, 0.25) is 0 Å². The molecule has 2 N–H and O–H groups in total. The average molecular weight is 461 g/mol. The van der Waals surface area contributed by atoms with E-state index in [4.69, 9.17) is 4.74 Å². The summed E-state index contributed by atoms with van der Waals surface area (Å²) in [6.07, 6.45) is 1.28. The largest absolute Gasteiger partial charge is 0.494 e. The number of carbonyl (C=O) groups excluding carboxylic acids is 1. The molecule has 4 nitrogen and oxygen atoms in total. The molecule has 0 bridgehead atoms. The first-order valence-electron chi connectivity index (χ1n) is 12.3. The van der Waals surface area contributed by atoms with Gasteiger partial charge in [-0.25, -0.2) is 0 Å². The van der Waals surface area contributed by atoms with Gasteiger partial charge in [0.05, 0.1) is 24.0 Å². The molecule has 2 unspecified atom stereocenters. The second-order valence-corrected chi connectivity index (χ2v) is 9.28. The minimum atomic E-state index is -0.209. The van der Waals surface area contributed by atoms with Gasteiger partial charge in [0.25, 0.3) is 0 Å². The van der Waals surface area contributed by atoms with Gasteiger partial charge in [-0.3, -0.25) is 4.79 Å². The lowest BCUT2D eigenvalue weighted by Gasteiger charge is -2.30. The summed E-state index contributed by atoms with van der Waals surface area (Å²) in [6.45, 7) is 2.63. The minimum absolute atomic E-state index is 0.131. The van der Waals surface area contributed by atoms with E-state index in [1.54, 1.807) is 0 Å². The molecule has 0 spiro atoms. The summed E-state index contributed by atoms with van der Waals surface area (Å²) in [5.74, 6) is 1.18. The molecular weight excluding hydrogens is 432 g/mol. The van der Waals surface area contributed by atoms with Gasteiger partial charge in [0.15, 0.2) is 5.78 Å². The Morgan fingerprint density at radius 3 is 2.31 bits per heavy atom. The number of Topliss-reactive ketones (excluding diaryl/α,β-unsaturated/α-hetero) is 1. The molecule has 1 aliphatic heterocycles. The molecule has 1 aliphatic carbocycles. The van der Waals surface area contributed by atoms with Crippen molar-refractivity contribution in [3.05, 3.63) is 113 Å². The Morgan fingerprint density at radius 1 is 0.800 bits per heavy atom. The molecule has 4 aromatic rings. The molecule has 1 heterocycles. The van der Waals surface area contributed by atoms with Gasteiger partial charge in [-0.1, -0.05) is 60.7 Å². The highest BCUT2D eigenvalue weighted by molar-refractivity contribution is 6.01. The van der Waals surface area contributed by atoms with Crippen LogP contribution in [0, 0.1) is 0 Å². The quantitative estimate of drug-likeness (QED) is 0.338. The molecule has 174 valence electrons. The number of ketones is 1. The molecule has 4 heteroatoms. The fraction of sp³-hybridized carbons (Fsp3) is 0.194. The highest BCUT2D eigenvalue weighted by Crippen LogP contribution is 2.44. The Hall–Kier alpha value is -4.05. The highest BCUT2D eigenvalue weighted by Gasteiger charge is 2.36. The third-order valence-electron chi connectivity index (χ3n) is 7.08. The lowest BCUT2D eigenvalue weighted by molar-refractivity contribution is -0.116. The molecule has 0 aromatic heterocycles. The summed E-state index contributed by atoms with van der Waals surface area (Å²) < 4.78 is 5.61. The Labute approximate surface area is 205 Å². The van der Waals surface area contributed by atoms with Gasteiger partial charge in [-0.15, -0.1) is 0 Å². The van der Waals surface area contributed by atoms with Crippen LogP contribution in [0.25, 0.3) is 10.8 Å². The van der Waals surface area contributed by atoms with Crippen molar-refractivity contribution in [1.82, 2.24) is 0 Å². The van der Waals surface area contributed by atoms with E-state index < -0.39 is 0 Å². The number of fused-ring (bicyclic) bond motifs is 2. The number of allylic oxidation sites excluding steroid dienone is 1. The zero-order valence-corrected chi connectivity index (χ0v) is 19.8. The lowest BCUT2D eigenvalue weighted by Crippen LogP contribution is -2.26. The number of hydrogen-bond donors (Lipinski definition) is 2. The molecule has 35 heavy (non-hydrogen) atoms. The van der Waals surface area contributed by atoms with Crippen molar-refractivity contribution < 1.29 is 9.53 Å². The molecule has 0 fully saturated rings. The number of carbonyl (C=O) groups is 1. The zero-order valence-electron chi connectivity index (χ0n) is 19.8. The number of rotatable bonds is 4. The van der Waals surface area contributed by atoms with Gasteiger partial charge >= 0.3 is 0 Å². The first-order chi connectivity index (χ1) is 17.2. The third kappa shape index (κ3) is 4.06. The Kier molecular flexibility index (Phi) is 5.49. The van der Waals surface area contributed by atoms with Crippen LogP contribution in [0.3, 0.4) is 0 Å². The average Bonchev–Trinajstić information content (AvgIpc) is 3.06. The van der Waals surface area contributed by atoms with Crippen molar-refractivity contribution in [3.63, 3.8) is 0 Å². The van der Waals surface area contributed by atoms with Crippen molar-refractivity contribution in [2.75, 3.05) is 17.2 Å². The van der Waals surface area contributed by atoms with Crippen molar-refractivity contribution >= 4 is 27.9 Å². The summed E-state index contributed by atoms with van der Waals surface area (Å²) in [5.41, 5.74) is 6.13. The fourth-order valence-corrected chi connectivity index (χ4v) is 5.37. The van der Waals surface area contributed by atoms with Crippen LogP contribution in [0.1, 0.15) is 42.9 Å². The molecule has 2 atom stereocenters. The molecule has 0 amide bonds. The van der Waals surface area contributed by atoms with E-state index in [1.807, 2.05) is 31.2 Å². The second-order valence-electron chi connectivity index (χ2n) is 9.28. The second kappa shape index (κ2) is 8.95. The van der Waals surface area contributed by atoms with Crippen LogP contribution < -0.4 is 15.4 Å². The molecular formula is C31H28N2O2. The minimum Gasteiger partial charge on any atom is -0.494 e. The molecule has 4 aromatic carbocycles. The summed E-state index contributed by atoms with van der Waals surface area (Å²) in [7, 11) is 0. The van der Waals surface area contributed by atoms with Crippen LogP contribution in [-0.2, 0) is 4.79 Å². The van der Waals surface area contributed by atoms with Crippen LogP contribution in [0.15, 0.2) is 102 Å².